The molecule has 1 aromatic carbocycles. The van der Waals surface area contributed by atoms with Crippen LogP contribution in [0, 0.1) is 17.5 Å². The lowest BCUT2D eigenvalue weighted by molar-refractivity contribution is 0.449. The number of halogens is 3. The Morgan fingerprint density at radius 2 is 1.83 bits per heavy atom. The van der Waals surface area contributed by atoms with Crippen molar-refractivity contribution in [3.05, 3.63) is 54.0 Å². The van der Waals surface area contributed by atoms with E-state index < -0.39 is 17.5 Å². The zero-order valence-corrected chi connectivity index (χ0v) is 12.1. The molecule has 0 aliphatic heterocycles. The number of aromatic nitrogens is 5. The molecule has 114 valence electrons. The number of nitrogens with zero attached hydrogens (tertiary/aromatic N) is 5. The molecule has 0 saturated carbocycles. The summed E-state index contributed by atoms with van der Waals surface area (Å²) in [6.45, 7) is 0. The van der Waals surface area contributed by atoms with Crippen molar-refractivity contribution in [3.63, 3.8) is 0 Å². The number of pyridine rings is 1. The fourth-order valence-corrected chi connectivity index (χ4v) is 2.93. The monoisotopic (exact) mass is 333 g/mol. The molecule has 0 saturated heterocycles. The highest BCUT2D eigenvalue weighted by Crippen LogP contribution is 2.30. The minimum Gasteiger partial charge on any atom is -0.253 e. The molecule has 5 nitrogen and oxygen atoms in total. The van der Waals surface area contributed by atoms with Gasteiger partial charge in [0.05, 0.1) is 5.56 Å². The van der Waals surface area contributed by atoms with E-state index in [1.807, 2.05) is 0 Å². The predicted octanol–water partition coefficient (Wildman–Crippen LogP) is 3.33. The van der Waals surface area contributed by atoms with Crippen LogP contribution in [0.3, 0.4) is 0 Å². The normalized spacial score (nSPS) is 11.3. The lowest BCUT2D eigenvalue weighted by Gasteiger charge is -2.00. The van der Waals surface area contributed by atoms with Crippen molar-refractivity contribution in [2.24, 2.45) is 0 Å². The van der Waals surface area contributed by atoms with Crippen molar-refractivity contribution in [1.29, 1.82) is 0 Å². The van der Waals surface area contributed by atoms with E-state index in [2.05, 4.69) is 20.3 Å². The smallest absolute Gasteiger partial charge is 0.235 e. The minimum absolute atomic E-state index is 0.133. The molecule has 0 unspecified atom stereocenters. The summed E-state index contributed by atoms with van der Waals surface area (Å²) in [5.41, 5.74) is 0.411. The third-order valence-corrected chi connectivity index (χ3v) is 4.08. The first-order valence-corrected chi connectivity index (χ1v) is 7.24. The molecule has 0 aliphatic carbocycles. The summed E-state index contributed by atoms with van der Waals surface area (Å²) in [6, 6.07) is 7.26. The molecule has 4 aromatic rings. The van der Waals surface area contributed by atoms with Crippen molar-refractivity contribution in [2.75, 3.05) is 0 Å². The standard InChI is InChI=1S/C14H6F3N5S/c15-8-5-4-7(10(16)11(8)17)13-21-22-12(19-20-14(22)23-13)9-3-1-2-6-18-9/h1-6H. The maximum atomic E-state index is 13.9. The predicted molar refractivity (Wildman–Crippen MR) is 77.2 cm³/mol. The van der Waals surface area contributed by atoms with Gasteiger partial charge in [0.15, 0.2) is 22.5 Å². The molecule has 0 spiro atoms. The fraction of sp³-hybridized carbons (Fsp3) is 0. The molecule has 9 heteroatoms. The van der Waals surface area contributed by atoms with Gasteiger partial charge in [-0.25, -0.2) is 13.2 Å². The second kappa shape index (κ2) is 5.13. The molecule has 0 aliphatic rings. The summed E-state index contributed by atoms with van der Waals surface area (Å²) >= 11 is 1.02. The van der Waals surface area contributed by atoms with Gasteiger partial charge in [-0.3, -0.25) is 4.98 Å². The number of hydrogen-bond acceptors (Lipinski definition) is 5. The van der Waals surface area contributed by atoms with E-state index in [1.165, 1.54) is 4.52 Å². The lowest BCUT2D eigenvalue weighted by atomic mass is 10.2. The van der Waals surface area contributed by atoms with Crippen molar-refractivity contribution in [3.8, 4) is 22.1 Å². The zero-order chi connectivity index (χ0) is 16.0. The number of hydrogen-bond donors (Lipinski definition) is 0. The van der Waals surface area contributed by atoms with Crippen molar-refractivity contribution in [2.45, 2.75) is 0 Å². The van der Waals surface area contributed by atoms with Gasteiger partial charge in [0.25, 0.3) is 0 Å². The van der Waals surface area contributed by atoms with Gasteiger partial charge < -0.3 is 0 Å². The van der Waals surface area contributed by atoms with E-state index in [0.717, 1.165) is 23.5 Å². The molecule has 3 heterocycles. The summed E-state index contributed by atoms with van der Waals surface area (Å²) < 4.78 is 41.7. The van der Waals surface area contributed by atoms with Gasteiger partial charge in [-0.05, 0) is 24.3 Å². The second-order valence-electron chi connectivity index (χ2n) is 4.56. The molecule has 3 aromatic heterocycles. The van der Waals surface area contributed by atoms with E-state index in [0.29, 0.717) is 16.5 Å². The summed E-state index contributed by atoms with van der Waals surface area (Å²) in [7, 11) is 0. The van der Waals surface area contributed by atoms with E-state index in [-0.39, 0.29) is 10.6 Å². The molecular formula is C14H6F3N5S. The molecule has 0 N–H and O–H groups in total. The average Bonchev–Trinajstić information content (AvgIpc) is 3.14. The van der Waals surface area contributed by atoms with Gasteiger partial charge in [-0.2, -0.15) is 9.61 Å². The third-order valence-electron chi connectivity index (χ3n) is 3.15. The first kappa shape index (κ1) is 13.8. The summed E-state index contributed by atoms with van der Waals surface area (Å²) in [6.07, 6.45) is 1.60. The minimum atomic E-state index is -1.53. The molecule has 0 atom stereocenters. The number of fused-ring (bicyclic) bond motifs is 1. The Morgan fingerprint density at radius 3 is 2.61 bits per heavy atom. The Morgan fingerprint density at radius 1 is 0.957 bits per heavy atom. The van der Waals surface area contributed by atoms with Gasteiger partial charge in [0.2, 0.25) is 10.8 Å². The van der Waals surface area contributed by atoms with Crippen LogP contribution in [-0.4, -0.2) is 24.8 Å². The van der Waals surface area contributed by atoms with Crippen LogP contribution in [0.5, 0.6) is 0 Å². The number of benzene rings is 1. The van der Waals surface area contributed by atoms with Gasteiger partial charge in [0.1, 0.15) is 5.69 Å². The van der Waals surface area contributed by atoms with Gasteiger partial charge in [0, 0.05) is 6.20 Å². The first-order chi connectivity index (χ1) is 11.1. The van der Waals surface area contributed by atoms with E-state index >= 15 is 0 Å². The van der Waals surface area contributed by atoms with E-state index in [9.17, 15) is 13.2 Å². The van der Waals surface area contributed by atoms with Crippen LogP contribution in [-0.2, 0) is 0 Å². The lowest BCUT2D eigenvalue weighted by Crippen LogP contribution is -1.96. The molecule has 0 radical (unpaired) electrons. The molecular weight excluding hydrogens is 327 g/mol. The van der Waals surface area contributed by atoms with Crippen molar-refractivity contribution >= 4 is 16.3 Å². The molecule has 0 bridgehead atoms. The van der Waals surface area contributed by atoms with Gasteiger partial charge in [-0.15, -0.1) is 10.2 Å². The SMILES string of the molecule is Fc1ccc(-c2nn3c(-c4ccccn4)nnc3s2)c(F)c1F. The Balaban J connectivity index is 1.88. The van der Waals surface area contributed by atoms with Crippen LogP contribution < -0.4 is 0 Å². The molecule has 0 fully saturated rings. The summed E-state index contributed by atoms with van der Waals surface area (Å²) in [5.74, 6) is -3.68. The Kier molecular flexibility index (Phi) is 3.08. The Bertz CT molecular complexity index is 1010. The third kappa shape index (κ3) is 2.16. The van der Waals surface area contributed by atoms with Crippen LogP contribution in [0.2, 0.25) is 0 Å². The highest BCUT2D eigenvalue weighted by atomic mass is 32.1. The topological polar surface area (TPSA) is 56.0 Å². The maximum absolute atomic E-state index is 13.9. The summed E-state index contributed by atoms with van der Waals surface area (Å²) in [4.78, 5) is 4.55. The van der Waals surface area contributed by atoms with Crippen LogP contribution in [0.15, 0.2) is 36.5 Å². The van der Waals surface area contributed by atoms with Gasteiger partial charge >= 0.3 is 0 Å². The largest absolute Gasteiger partial charge is 0.253 e. The quantitative estimate of drug-likeness (QED) is 0.528. The molecule has 23 heavy (non-hydrogen) atoms. The highest BCUT2D eigenvalue weighted by Gasteiger charge is 2.20. The van der Waals surface area contributed by atoms with Crippen LogP contribution in [0.4, 0.5) is 13.2 Å². The van der Waals surface area contributed by atoms with Crippen molar-refractivity contribution in [1.82, 2.24) is 24.8 Å². The highest BCUT2D eigenvalue weighted by molar-refractivity contribution is 7.19. The Labute approximate surface area is 131 Å². The molecule has 0 amide bonds. The zero-order valence-electron chi connectivity index (χ0n) is 11.2. The van der Waals surface area contributed by atoms with Crippen LogP contribution in [0.25, 0.3) is 27.1 Å². The fourth-order valence-electron chi connectivity index (χ4n) is 2.07. The molecule has 4 rings (SSSR count). The summed E-state index contributed by atoms with van der Waals surface area (Å²) in [5, 5.41) is 12.3. The number of rotatable bonds is 2. The maximum Gasteiger partial charge on any atom is 0.235 e. The van der Waals surface area contributed by atoms with Gasteiger partial charge in [-0.1, -0.05) is 17.4 Å². The Hall–Kier alpha value is -2.81. The first-order valence-electron chi connectivity index (χ1n) is 6.42. The van der Waals surface area contributed by atoms with E-state index in [4.69, 9.17) is 0 Å². The van der Waals surface area contributed by atoms with Crippen molar-refractivity contribution < 1.29 is 13.2 Å². The van der Waals surface area contributed by atoms with Crippen LogP contribution in [0.1, 0.15) is 0 Å². The average molecular weight is 333 g/mol. The van der Waals surface area contributed by atoms with E-state index in [1.54, 1.807) is 24.4 Å². The van der Waals surface area contributed by atoms with Crippen LogP contribution >= 0.6 is 11.3 Å². The second-order valence-corrected chi connectivity index (χ2v) is 5.52.